The van der Waals surface area contributed by atoms with E-state index in [4.69, 9.17) is 14.2 Å². The first-order chi connectivity index (χ1) is 21.6. The number of alkyl halides is 3. The number of benzene rings is 3. The fourth-order valence-corrected chi connectivity index (χ4v) is 4.50. The Kier molecular flexibility index (Phi) is 14.3. The zero-order chi connectivity index (χ0) is 32.7. The van der Waals surface area contributed by atoms with Crippen molar-refractivity contribution in [2.75, 3.05) is 19.8 Å². The number of carbonyl (C=O) groups excluding carboxylic acids is 2. The van der Waals surface area contributed by atoms with E-state index >= 15 is 0 Å². The third kappa shape index (κ3) is 11.8. The van der Waals surface area contributed by atoms with Gasteiger partial charge in [-0.1, -0.05) is 63.3 Å². The average molecular weight is 633 g/mol. The van der Waals surface area contributed by atoms with Crippen LogP contribution in [0.3, 0.4) is 0 Å². The van der Waals surface area contributed by atoms with Crippen molar-refractivity contribution in [2.45, 2.75) is 77.5 Å². The number of rotatable bonds is 18. The van der Waals surface area contributed by atoms with Gasteiger partial charge in [0.1, 0.15) is 17.3 Å². The summed E-state index contributed by atoms with van der Waals surface area (Å²) in [6.45, 7) is 4.98. The Morgan fingerprint density at radius 2 is 1.36 bits per heavy atom. The summed E-state index contributed by atoms with van der Waals surface area (Å²) >= 11 is 0. The van der Waals surface area contributed by atoms with Crippen molar-refractivity contribution in [2.24, 2.45) is 0 Å². The summed E-state index contributed by atoms with van der Waals surface area (Å²) in [6, 6.07) is 17.0. The lowest BCUT2D eigenvalue weighted by Crippen LogP contribution is -2.34. The molecule has 0 amide bonds. The molecule has 3 rings (SSSR count). The first-order valence-electron chi connectivity index (χ1n) is 15.3. The molecule has 1 unspecified atom stereocenters. The molecule has 0 fully saturated rings. The Balaban J connectivity index is 1.53. The maximum atomic E-state index is 14.7. The number of hydrogen-bond acceptors (Lipinski definition) is 6. The largest absolute Gasteiger partial charge is 0.494 e. The highest BCUT2D eigenvalue weighted by Gasteiger charge is 2.42. The smallest absolute Gasteiger partial charge is 0.425 e. The summed E-state index contributed by atoms with van der Waals surface area (Å²) in [4.78, 5) is 25.0. The van der Waals surface area contributed by atoms with E-state index in [0.29, 0.717) is 13.2 Å². The van der Waals surface area contributed by atoms with Crippen molar-refractivity contribution in [1.82, 2.24) is 0 Å². The number of esters is 2. The molecule has 1 atom stereocenters. The number of hydrogen-bond donors (Lipinski definition) is 0. The van der Waals surface area contributed by atoms with Gasteiger partial charge in [0.15, 0.2) is 6.10 Å². The third-order valence-corrected chi connectivity index (χ3v) is 7.02. The Labute approximate surface area is 261 Å². The molecular formula is C35H40F4O6. The van der Waals surface area contributed by atoms with E-state index in [9.17, 15) is 27.2 Å². The van der Waals surface area contributed by atoms with Crippen molar-refractivity contribution < 1.29 is 46.1 Å². The van der Waals surface area contributed by atoms with Gasteiger partial charge in [0.05, 0.1) is 17.7 Å². The van der Waals surface area contributed by atoms with Gasteiger partial charge in [-0.05, 0) is 73.7 Å². The molecule has 0 radical (unpaired) electrons. The van der Waals surface area contributed by atoms with Crippen molar-refractivity contribution >= 4 is 11.9 Å². The quantitative estimate of drug-likeness (QED) is 0.0602. The molecule has 6 nitrogen and oxygen atoms in total. The highest BCUT2D eigenvalue weighted by Crippen LogP contribution is 2.29. The van der Waals surface area contributed by atoms with Gasteiger partial charge in [-0.3, -0.25) is 0 Å². The molecule has 3 aromatic rings. The molecule has 45 heavy (non-hydrogen) atoms. The molecule has 10 heteroatoms. The maximum absolute atomic E-state index is 14.7. The van der Waals surface area contributed by atoms with Crippen LogP contribution in [-0.2, 0) is 9.47 Å². The van der Waals surface area contributed by atoms with Gasteiger partial charge < -0.3 is 18.9 Å². The predicted octanol–water partition coefficient (Wildman–Crippen LogP) is 9.36. The fraction of sp³-hybridized carbons (Fsp3) is 0.429. The maximum Gasteiger partial charge on any atom is 0.425 e. The van der Waals surface area contributed by atoms with Gasteiger partial charge >= 0.3 is 18.1 Å². The molecule has 0 saturated heterocycles. The normalized spacial score (nSPS) is 12.0. The Morgan fingerprint density at radius 3 is 1.98 bits per heavy atom. The van der Waals surface area contributed by atoms with E-state index in [1.165, 1.54) is 25.7 Å². The molecule has 3 aromatic carbocycles. The third-order valence-electron chi connectivity index (χ3n) is 7.02. The van der Waals surface area contributed by atoms with E-state index in [-0.39, 0.29) is 24.3 Å². The minimum atomic E-state index is -4.83. The highest BCUT2D eigenvalue weighted by atomic mass is 19.4. The molecule has 0 aromatic heterocycles. The first kappa shape index (κ1) is 35.6. The van der Waals surface area contributed by atoms with E-state index in [2.05, 4.69) is 11.7 Å². The molecule has 0 saturated carbocycles. The predicted molar refractivity (Wildman–Crippen MR) is 163 cm³/mol. The topological polar surface area (TPSA) is 71.1 Å². The van der Waals surface area contributed by atoms with Gasteiger partial charge in [0.2, 0.25) is 0 Å². The van der Waals surface area contributed by atoms with E-state index in [1.807, 2.05) is 24.3 Å². The van der Waals surface area contributed by atoms with Crippen LogP contribution in [0, 0.1) is 5.82 Å². The minimum Gasteiger partial charge on any atom is -0.494 e. The molecule has 244 valence electrons. The van der Waals surface area contributed by atoms with Crippen LogP contribution in [0.4, 0.5) is 17.6 Å². The second-order valence-corrected chi connectivity index (χ2v) is 10.5. The highest BCUT2D eigenvalue weighted by molar-refractivity contribution is 5.92. The zero-order valence-electron chi connectivity index (χ0n) is 25.7. The summed E-state index contributed by atoms with van der Waals surface area (Å²) in [5, 5.41) is 0. The Morgan fingerprint density at radius 1 is 0.733 bits per heavy atom. The van der Waals surface area contributed by atoms with Crippen LogP contribution in [0.5, 0.6) is 11.5 Å². The molecular weight excluding hydrogens is 592 g/mol. The second-order valence-electron chi connectivity index (χ2n) is 10.5. The molecule has 0 bridgehead atoms. The van der Waals surface area contributed by atoms with E-state index in [1.54, 1.807) is 31.2 Å². The van der Waals surface area contributed by atoms with Gasteiger partial charge in [-0.15, -0.1) is 0 Å². The van der Waals surface area contributed by atoms with Gasteiger partial charge in [-0.25, -0.2) is 14.0 Å². The van der Waals surface area contributed by atoms with Crippen molar-refractivity contribution in [3.05, 3.63) is 83.7 Å². The number of ether oxygens (including phenoxy) is 4. The average Bonchev–Trinajstić information content (AvgIpc) is 3.02. The summed E-state index contributed by atoms with van der Waals surface area (Å²) in [5.74, 6) is -2.87. The van der Waals surface area contributed by atoms with Gasteiger partial charge in [0, 0.05) is 19.3 Å². The van der Waals surface area contributed by atoms with E-state index in [0.717, 1.165) is 47.9 Å². The summed E-state index contributed by atoms with van der Waals surface area (Å²) in [5.41, 5.74) is 1.27. The second kappa shape index (κ2) is 18.1. The summed E-state index contributed by atoms with van der Waals surface area (Å²) < 4.78 is 75.3. The lowest BCUT2D eigenvalue weighted by molar-refractivity contribution is -0.206. The number of carbonyl (C=O) groups is 2. The fourth-order valence-electron chi connectivity index (χ4n) is 4.50. The van der Waals surface area contributed by atoms with Crippen LogP contribution in [-0.4, -0.2) is 44.0 Å². The van der Waals surface area contributed by atoms with Crippen molar-refractivity contribution in [1.29, 1.82) is 0 Å². The Bertz CT molecular complexity index is 1340. The van der Waals surface area contributed by atoms with Crippen LogP contribution in [0.2, 0.25) is 0 Å². The standard InChI is InChI=1S/C35H40F4O6/c1-3-5-6-7-8-9-23-43-28-18-16-26(17-19-28)25-12-14-27(15-13-25)33(40)44-29-20-21-30(31(36)24-29)34(41)45-32(35(37,38)39)11-10-22-42-4-2/h12-21,24,32H,3-11,22-23H2,1-2H3. The molecule has 0 aliphatic heterocycles. The lowest BCUT2D eigenvalue weighted by Gasteiger charge is -2.21. The minimum absolute atomic E-state index is 0.00421. The van der Waals surface area contributed by atoms with E-state index < -0.39 is 42.0 Å². The van der Waals surface area contributed by atoms with Gasteiger partial charge in [0.25, 0.3) is 0 Å². The van der Waals surface area contributed by atoms with Crippen molar-refractivity contribution in [3.8, 4) is 22.6 Å². The number of unbranched alkanes of at least 4 members (excludes halogenated alkanes) is 5. The lowest BCUT2D eigenvalue weighted by atomic mass is 10.0. The van der Waals surface area contributed by atoms with Gasteiger partial charge in [-0.2, -0.15) is 13.2 Å². The number of halogens is 4. The SMILES string of the molecule is CCCCCCCCOc1ccc(-c2ccc(C(=O)Oc3ccc(C(=O)OC(CCCOCC)C(F)(F)F)c(F)c3)cc2)cc1. The van der Waals surface area contributed by atoms with Crippen LogP contribution in [0.25, 0.3) is 11.1 Å². The Hall–Kier alpha value is -3.92. The monoisotopic (exact) mass is 632 g/mol. The van der Waals surface area contributed by atoms with Crippen LogP contribution in [0.15, 0.2) is 66.7 Å². The first-order valence-corrected chi connectivity index (χ1v) is 15.3. The summed E-state index contributed by atoms with van der Waals surface area (Å²) in [7, 11) is 0. The van der Waals surface area contributed by atoms with Crippen molar-refractivity contribution in [3.63, 3.8) is 0 Å². The van der Waals surface area contributed by atoms with Crippen LogP contribution >= 0.6 is 0 Å². The summed E-state index contributed by atoms with van der Waals surface area (Å²) in [6.07, 6.45) is -0.592. The molecule has 0 heterocycles. The van der Waals surface area contributed by atoms with Crippen LogP contribution in [0.1, 0.15) is 85.9 Å². The molecule has 0 spiro atoms. The van der Waals surface area contributed by atoms with Crippen LogP contribution < -0.4 is 9.47 Å². The zero-order valence-corrected chi connectivity index (χ0v) is 25.7. The molecule has 0 N–H and O–H groups in total. The molecule has 0 aliphatic rings. The molecule has 0 aliphatic carbocycles.